The van der Waals surface area contributed by atoms with Crippen LogP contribution in [0.3, 0.4) is 0 Å². The van der Waals surface area contributed by atoms with Gasteiger partial charge in [0.15, 0.2) is 0 Å². The highest BCUT2D eigenvalue weighted by Crippen LogP contribution is 2.22. The largest absolute Gasteiger partial charge is 0.378 e. The monoisotopic (exact) mass is 294 g/mol. The van der Waals surface area contributed by atoms with Crippen LogP contribution in [0.5, 0.6) is 0 Å². The molecule has 108 valence electrons. The van der Waals surface area contributed by atoms with E-state index in [1.807, 2.05) is 13.8 Å². The molecular weight excluding hydrogens is 276 g/mol. The minimum absolute atomic E-state index is 0.157. The molecule has 5 heteroatoms. The fourth-order valence-corrected chi connectivity index (χ4v) is 1.70. The van der Waals surface area contributed by atoms with Crippen molar-refractivity contribution >= 4 is 23.2 Å². The number of carbonyl (C=O) groups is 1. The van der Waals surface area contributed by atoms with Crippen LogP contribution in [0.1, 0.15) is 25.8 Å². The van der Waals surface area contributed by atoms with Gasteiger partial charge in [-0.25, -0.2) is 0 Å². The maximum atomic E-state index is 12.0. The van der Waals surface area contributed by atoms with Crippen LogP contribution in [-0.2, 0) is 9.53 Å². The lowest BCUT2D eigenvalue weighted by Crippen LogP contribution is -2.29. The van der Waals surface area contributed by atoms with Crippen LogP contribution >= 0.6 is 11.6 Å². The van der Waals surface area contributed by atoms with Crippen molar-refractivity contribution in [1.29, 1.82) is 0 Å². The summed E-state index contributed by atoms with van der Waals surface area (Å²) in [5, 5.41) is 3.34. The van der Waals surface area contributed by atoms with Crippen LogP contribution in [0.25, 0.3) is 0 Å². The molecule has 0 saturated heterocycles. The molecule has 1 rings (SSSR count). The topological polar surface area (TPSA) is 64.3 Å². The Morgan fingerprint density at radius 1 is 1.50 bits per heavy atom. The highest BCUT2D eigenvalue weighted by Gasteiger charge is 2.21. The summed E-state index contributed by atoms with van der Waals surface area (Å²) in [7, 11) is 1.57. The van der Waals surface area contributed by atoms with Gasteiger partial charge in [-0.05, 0) is 32.0 Å². The number of amides is 1. The maximum absolute atomic E-state index is 12.0. The van der Waals surface area contributed by atoms with Crippen LogP contribution in [0, 0.1) is 11.8 Å². The normalized spacial score (nSPS) is 10.7. The van der Waals surface area contributed by atoms with E-state index in [4.69, 9.17) is 22.1 Å². The third-order valence-corrected chi connectivity index (χ3v) is 2.95. The lowest BCUT2D eigenvalue weighted by molar-refractivity contribution is -0.121. The Kier molecular flexibility index (Phi) is 6.03. The molecule has 0 saturated carbocycles. The highest BCUT2D eigenvalue weighted by molar-refractivity contribution is 6.31. The second-order valence-corrected chi connectivity index (χ2v) is 5.32. The lowest BCUT2D eigenvalue weighted by Gasteiger charge is -2.22. The smallest absolute Gasteiger partial charge is 0.227 e. The number of rotatable bonds is 4. The van der Waals surface area contributed by atoms with Gasteiger partial charge in [0.1, 0.15) is 0 Å². The standard InChI is InChI=1S/C15H19ClN2O2/c1-15(2,20-3)10-14(19)18-13-9-12(16)7-6-11(13)5-4-8-17/h6-7,9H,8,10,17H2,1-3H3,(H,18,19). The number of nitrogens with one attached hydrogen (secondary N) is 1. The predicted molar refractivity (Wildman–Crippen MR) is 81.7 cm³/mol. The summed E-state index contributed by atoms with van der Waals surface area (Å²) in [5.74, 6) is 5.50. The number of carbonyl (C=O) groups excluding carboxylic acids is 1. The van der Waals surface area contributed by atoms with Gasteiger partial charge in [-0.3, -0.25) is 4.79 Å². The van der Waals surface area contributed by atoms with Crippen LogP contribution in [0.2, 0.25) is 5.02 Å². The number of halogens is 1. The molecule has 0 atom stereocenters. The van der Waals surface area contributed by atoms with Gasteiger partial charge in [0.2, 0.25) is 5.91 Å². The molecule has 0 aromatic heterocycles. The summed E-state index contributed by atoms with van der Waals surface area (Å²) in [5.41, 5.74) is 6.10. The number of anilines is 1. The van der Waals surface area contributed by atoms with E-state index in [1.54, 1.807) is 25.3 Å². The first-order chi connectivity index (χ1) is 9.38. The van der Waals surface area contributed by atoms with Gasteiger partial charge in [0.25, 0.3) is 0 Å². The fourth-order valence-electron chi connectivity index (χ4n) is 1.53. The van der Waals surface area contributed by atoms with E-state index in [2.05, 4.69) is 17.2 Å². The molecule has 0 radical (unpaired) electrons. The molecule has 1 amide bonds. The van der Waals surface area contributed by atoms with Gasteiger partial charge < -0.3 is 15.8 Å². The highest BCUT2D eigenvalue weighted by atomic mass is 35.5. The van der Waals surface area contributed by atoms with Crippen molar-refractivity contribution in [3.63, 3.8) is 0 Å². The van der Waals surface area contributed by atoms with E-state index >= 15 is 0 Å². The molecule has 0 aliphatic carbocycles. The predicted octanol–water partition coefficient (Wildman–Crippen LogP) is 2.40. The molecule has 0 aliphatic heterocycles. The number of hydrogen-bond acceptors (Lipinski definition) is 3. The fraction of sp³-hybridized carbons (Fsp3) is 0.400. The van der Waals surface area contributed by atoms with Crippen molar-refractivity contribution in [2.24, 2.45) is 5.73 Å². The van der Waals surface area contributed by atoms with Crippen molar-refractivity contribution in [3.05, 3.63) is 28.8 Å². The van der Waals surface area contributed by atoms with Crippen LogP contribution in [-0.4, -0.2) is 25.2 Å². The SMILES string of the molecule is COC(C)(C)CC(=O)Nc1cc(Cl)ccc1C#CCN. The van der Waals surface area contributed by atoms with E-state index in [0.717, 1.165) is 0 Å². The molecule has 0 spiro atoms. The van der Waals surface area contributed by atoms with E-state index in [1.165, 1.54) is 0 Å². The molecule has 4 nitrogen and oxygen atoms in total. The van der Waals surface area contributed by atoms with Crippen LogP contribution < -0.4 is 11.1 Å². The molecule has 1 aromatic rings. The summed E-state index contributed by atoms with van der Waals surface area (Å²) in [6.45, 7) is 3.95. The molecule has 0 aliphatic rings. The minimum atomic E-state index is -0.522. The Hall–Kier alpha value is -1.54. The zero-order valence-corrected chi connectivity index (χ0v) is 12.7. The van der Waals surface area contributed by atoms with Gasteiger partial charge >= 0.3 is 0 Å². The Labute approximate surface area is 124 Å². The first-order valence-corrected chi connectivity index (χ1v) is 6.59. The number of hydrogen-bond donors (Lipinski definition) is 2. The Balaban J connectivity index is 2.90. The number of nitrogens with two attached hydrogens (primary N) is 1. The summed E-state index contributed by atoms with van der Waals surface area (Å²) < 4.78 is 5.23. The van der Waals surface area contributed by atoms with Crippen molar-refractivity contribution in [2.45, 2.75) is 25.9 Å². The number of benzene rings is 1. The second-order valence-electron chi connectivity index (χ2n) is 4.88. The maximum Gasteiger partial charge on any atom is 0.227 e. The van der Waals surface area contributed by atoms with Gasteiger partial charge in [-0.2, -0.15) is 0 Å². The lowest BCUT2D eigenvalue weighted by atomic mass is 10.0. The van der Waals surface area contributed by atoms with Crippen molar-refractivity contribution < 1.29 is 9.53 Å². The average Bonchev–Trinajstić information content (AvgIpc) is 2.37. The number of ether oxygens (including phenoxy) is 1. The Morgan fingerprint density at radius 3 is 2.80 bits per heavy atom. The van der Waals surface area contributed by atoms with Crippen molar-refractivity contribution in [2.75, 3.05) is 19.0 Å². The summed E-state index contributed by atoms with van der Waals surface area (Å²) in [4.78, 5) is 12.0. The van der Waals surface area contributed by atoms with Crippen LogP contribution in [0.4, 0.5) is 5.69 Å². The zero-order valence-electron chi connectivity index (χ0n) is 11.9. The molecule has 3 N–H and O–H groups in total. The number of methoxy groups -OCH3 is 1. The minimum Gasteiger partial charge on any atom is -0.378 e. The molecule has 1 aromatic carbocycles. The zero-order chi connectivity index (χ0) is 15.2. The first-order valence-electron chi connectivity index (χ1n) is 6.21. The molecule has 0 heterocycles. The molecular formula is C15H19ClN2O2. The van der Waals surface area contributed by atoms with E-state index in [9.17, 15) is 4.79 Å². The summed E-state index contributed by atoms with van der Waals surface area (Å²) in [6.07, 6.45) is 0.236. The quantitative estimate of drug-likeness (QED) is 0.838. The summed E-state index contributed by atoms with van der Waals surface area (Å²) in [6, 6.07) is 5.14. The van der Waals surface area contributed by atoms with Crippen molar-refractivity contribution in [3.8, 4) is 11.8 Å². The van der Waals surface area contributed by atoms with Gasteiger partial charge in [-0.1, -0.05) is 23.4 Å². The third kappa shape index (κ3) is 5.22. The molecule has 20 heavy (non-hydrogen) atoms. The molecule has 0 unspecified atom stereocenters. The van der Waals surface area contributed by atoms with Gasteiger partial charge in [0, 0.05) is 17.7 Å². The van der Waals surface area contributed by atoms with E-state index in [-0.39, 0.29) is 18.9 Å². The second kappa shape index (κ2) is 7.30. The van der Waals surface area contributed by atoms with E-state index < -0.39 is 5.60 Å². The average molecular weight is 295 g/mol. The van der Waals surface area contributed by atoms with Crippen molar-refractivity contribution in [1.82, 2.24) is 0 Å². The summed E-state index contributed by atoms with van der Waals surface area (Å²) >= 11 is 5.95. The Morgan fingerprint density at radius 2 is 2.20 bits per heavy atom. The molecule has 0 bridgehead atoms. The van der Waals surface area contributed by atoms with Gasteiger partial charge in [0.05, 0.1) is 24.3 Å². The first kappa shape index (κ1) is 16.5. The van der Waals surface area contributed by atoms with Gasteiger partial charge in [-0.15, -0.1) is 0 Å². The Bertz CT molecular complexity index is 545. The third-order valence-electron chi connectivity index (χ3n) is 2.72. The van der Waals surface area contributed by atoms with Crippen LogP contribution in [0.15, 0.2) is 18.2 Å². The molecule has 0 fully saturated rings. The van der Waals surface area contributed by atoms with E-state index in [0.29, 0.717) is 16.3 Å².